The number of ketones is 1. The summed E-state index contributed by atoms with van der Waals surface area (Å²) in [5.74, 6) is 0.508. The molecule has 168 valence electrons. The lowest BCUT2D eigenvalue weighted by molar-refractivity contribution is -0.125. The van der Waals surface area contributed by atoms with Gasteiger partial charge in [0.05, 0.1) is 19.1 Å². The lowest BCUT2D eigenvalue weighted by Crippen LogP contribution is -2.46. The summed E-state index contributed by atoms with van der Waals surface area (Å²) in [5, 5.41) is 0. The van der Waals surface area contributed by atoms with Crippen LogP contribution in [0.2, 0.25) is 0 Å². The molecule has 5 heteroatoms. The first-order valence-corrected chi connectivity index (χ1v) is 11.3. The van der Waals surface area contributed by atoms with Gasteiger partial charge in [-0.2, -0.15) is 0 Å². The van der Waals surface area contributed by atoms with Gasteiger partial charge < -0.3 is 9.64 Å². The third kappa shape index (κ3) is 3.71. The van der Waals surface area contributed by atoms with Gasteiger partial charge in [-0.1, -0.05) is 42.5 Å². The zero-order chi connectivity index (χ0) is 23.0. The molecule has 3 aromatic carbocycles. The van der Waals surface area contributed by atoms with Crippen LogP contribution >= 0.6 is 0 Å². The Balaban J connectivity index is 1.66. The number of benzene rings is 3. The fourth-order valence-corrected chi connectivity index (χ4v) is 5.49. The summed E-state index contributed by atoms with van der Waals surface area (Å²) in [6.07, 6.45) is 2.12. The number of halogens is 1. The molecule has 1 saturated carbocycles. The number of hydrogen-bond acceptors (Lipinski definition) is 3. The molecular formula is C28H26FNO3. The Morgan fingerprint density at radius 2 is 1.76 bits per heavy atom. The lowest BCUT2D eigenvalue weighted by atomic mass is 9.66. The minimum atomic E-state index is -0.850. The predicted octanol–water partition coefficient (Wildman–Crippen LogP) is 5.23. The average molecular weight is 444 g/mol. The van der Waals surface area contributed by atoms with Crippen LogP contribution in [0, 0.1) is 11.7 Å². The number of nitrogens with zero attached hydrogens (tertiary/aromatic N) is 1. The molecule has 0 bridgehead atoms. The van der Waals surface area contributed by atoms with Crippen molar-refractivity contribution in [2.75, 3.05) is 12.0 Å². The monoisotopic (exact) mass is 443 g/mol. The Hall–Kier alpha value is -3.47. The second-order valence-electron chi connectivity index (χ2n) is 9.01. The molecule has 0 unspecified atom stereocenters. The Morgan fingerprint density at radius 1 is 1.00 bits per heavy atom. The van der Waals surface area contributed by atoms with E-state index in [4.69, 9.17) is 4.74 Å². The highest BCUT2D eigenvalue weighted by Crippen LogP contribution is 2.53. The summed E-state index contributed by atoms with van der Waals surface area (Å²) in [6, 6.07) is 22.0. The highest BCUT2D eigenvalue weighted by Gasteiger charge is 2.56. The van der Waals surface area contributed by atoms with Crippen LogP contribution in [0.1, 0.15) is 36.0 Å². The van der Waals surface area contributed by atoms with Crippen molar-refractivity contribution in [3.05, 3.63) is 95.3 Å². The smallest absolute Gasteiger partial charge is 0.238 e. The van der Waals surface area contributed by atoms with Gasteiger partial charge in [-0.05, 0) is 65.8 Å². The van der Waals surface area contributed by atoms with E-state index in [9.17, 15) is 14.0 Å². The molecule has 1 aliphatic heterocycles. The fourth-order valence-electron chi connectivity index (χ4n) is 5.49. The van der Waals surface area contributed by atoms with Gasteiger partial charge in [0.15, 0.2) is 0 Å². The van der Waals surface area contributed by atoms with E-state index in [0.717, 1.165) is 22.4 Å². The molecule has 2 atom stereocenters. The van der Waals surface area contributed by atoms with Crippen molar-refractivity contribution < 1.29 is 18.7 Å². The Bertz CT molecular complexity index is 1190. The first kappa shape index (κ1) is 21.4. The van der Waals surface area contributed by atoms with Crippen LogP contribution < -0.4 is 9.64 Å². The average Bonchev–Trinajstić information content (AvgIpc) is 3.37. The Morgan fingerprint density at radius 3 is 2.42 bits per heavy atom. The van der Waals surface area contributed by atoms with E-state index in [0.29, 0.717) is 38.0 Å². The summed E-state index contributed by atoms with van der Waals surface area (Å²) >= 11 is 0. The van der Waals surface area contributed by atoms with Crippen molar-refractivity contribution in [2.45, 2.75) is 37.6 Å². The molecule has 0 N–H and O–H groups in total. The van der Waals surface area contributed by atoms with Crippen molar-refractivity contribution >= 4 is 17.4 Å². The maximum atomic E-state index is 14.4. The molecule has 2 aliphatic rings. The van der Waals surface area contributed by atoms with Crippen LogP contribution in [0.3, 0.4) is 0 Å². The lowest BCUT2D eigenvalue weighted by Gasteiger charge is -2.35. The van der Waals surface area contributed by atoms with Gasteiger partial charge >= 0.3 is 0 Å². The molecule has 0 aromatic heterocycles. The van der Waals surface area contributed by atoms with Gasteiger partial charge in [0.1, 0.15) is 17.3 Å². The van der Waals surface area contributed by atoms with E-state index in [2.05, 4.69) is 0 Å². The highest BCUT2D eigenvalue weighted by atomic mass is 19.1. The number of rotatable bonds is 6. The minimum absolute atomic E-state index is 0.00127. The highest BCUT2D eigenvalue weighted by molar-refractivity contribution is 6.09. The quantitative estimate of drug-likeness (QED) is 0.524. The number of Topliss-reactive ketones (excluding diaryl/α,β-unsaturated/α-hetero) is 1. The predicted molar refractivity (Wildman–Crippen MR) is 125 cm³/mol. The van der Waals surface area contributed by atoms with E-state index < -0.39 is 5.41 Å². The van der Waals surface area contributed by atoms with Gasteiger partial charge in [0, 0.05) is 18.5 Å². The van der Waals surface area contributed by atoms with Gasteiger partial charge in [-0.25, -0.2) is 4.39 Å². The van der Waals surface area contributed by atoms with Crippen molar-refractivity contribution in [3.63, 3.8) is 0 Å². The maximum absolute atomic E-state index is 14.4. The molecule has 5 rings (SSSR count). The molecule has 33 heavy (non-hydrogen) atoms. The SMILES string of the molecule is COc1ccc2c(c1)[C@](Cc1ccccc1)([C@H]1CCC(=O)C1)C(=O)N2Cc1ccc(F)cc1. The summed E-state index contributed by atoms with van der Waals surface area (Å²) < 4.78 is 19.0. The number of hydrogen-bond donors (Lipinski definition) is 0. The number of methoxy groups -OCH3 is 1. The van der Waals surface area contributed by atoms with Gasteiger partial charge in [0.25, 0.3) is 0 Å². The second kappa shape index (κ2) is 8.47. The molecule has 1 aliphatic carbocycles. The van der Waals surface area contributed by atoms with Crippen molar-refractivity contribution in [1.29, 1.82) is 0 Å². The Labute approximate surface area is 193 Å². The fraction of sp³-hybridized carbons (Fsp3) is 0.286. The van der Waals surface area contributed by atoms with Crippen LogP contribution in [-0.2, 0) is 28.0 Å². The van der Waals surface area contributed by atoms with E-state index in [1.165, 1.54) is 12.1 Å². The second-order valence-corrected chi connectivity index (χ2v) is 9.01. The third-order valence-corrected chi connectivity index (χ3v) is 7.12. The van der Waals surface area contributed by atoms with Crippen LogP contribution in [0.25, 0.3) is 0 Å². The third-order valence-electron chi connectivity index (χ3n) is 7.12. The minimum Gasteiger partial charge on any atom is -0.497 e. The zero-order valence-electron chi connectivity index (χ0n) is 18.6. The van der Waals surface area contributed by atoms with E-state index in [1.54, 1.807) is 24.1 Å². The molecule has 3 aromatic rings. The number of fused-ring (bicyclic) bond motifs is 1. The van der Waals surface area contributed by atoms with Gasteiger partial charge in [-0.3, -0.25) is 9.59 Å². The summed E-state index contributed by atoms with van der Waals surface area (Å²) in [4.78, 5) is 28.5. The molecule has 1 amide bonds. The zero-order valence-corrected chi connectivity index (χ0v) is 18.6. The number of carbonyl (C=O) groups excluding carboxylic acids is 2. The van der Waals surface area contributed by atoms with Crippen molar-refractivity contribution in [1.82, 2.24) is 0 Å². The molecule has 0 radical (unpaired) electrons. The summed E-state index contributed by atoms with van der Waals surface area (Å²) in [6.45, 7) is 0.343. The maximum Gasteiger partial charge on any atom is 0.238 e. The molecule has 0 saturated heterocycles. The first-order chi connectivity index (χ1) is 16.0. The van der Waals surface area contributed by atoms with Crippen LogP contribution in [0.5, 0.6) is 5.75 Å². The van der Waals surface area contributed by atoms with Crippen LogP contribution in [-0.4, -0.2) is 18.8 Å². The largest absolute Gasteiger partial charge is 0.497 e. The van der Waals surface area contributed by atoms with Crippen LogP contribution in [0.4, 0.5) is 10.1 Å². The number of anilines is 1. The summed E-state index contributed by atoms with van der Waals surface area (Å²) in [5.41, 5.74) is 2.81. The van der Waals surface area contributed by atoms with Gasteiger partial charge in [-0.15, -0.1) is 0 Å². The van der Waals surface area contributed by atoms with Crippen molar-refractivity contribution in [2.24, 2.45) is 5.92 Å². The normalized spacial score (nSPS) is 22.0. The summed E-state index contributed by atoms with van der Waals surface area (Å²) in [7, 11) is 1.62. The van der Waals surface area contributed by atoms with Crippen molar-refractivity contribution in [3.8, 4) is 5.75 Å². The Kier molecular flexibility index (Phi) is 5.49. The number of ether oxygens (including phenoxy) is 1. The molecule has 1 heterocycles. The molecule has 1 fully saturated rings. The molecular weight excluding hydrogens is 417 g/mol. The molecule has 0 spiro atoms. The first-order valence-electron chi connectivity index (χ1n) is 11.3. The van der Waals surface area contributed by atoms with E-state index >= 15 is 0 Å². The number of amides is 1. The standard InChI is InChI=1S/C28H26FNO3/c1-33-24-13-14-26-25(16-24)28(21-9-12-23(31)15-21,17-19-5-3-2-4-6-19)27(32)30(26)18-20-7-10-22(29)11-8-20/h2-8,10-11,13-14,16,21H,9,12,15,17-18H2,1H3/t21-,28-/m0/s1. The molecule has 4 nitrogen and oxygen atoms in total. The van der Waals surface area contributed by atoms with Gasteiger partial charge in [0.2, 0.25) is 5.91 Å². The van der Waals surface area contributed by atoms with E-state index in [-0.39, 0.29) is 23.4 Å². The number of carbonyl (C=O) groups is 2. The topological polar surface area (TPSA) is 46.6 Å². The van der Waals surface area contributed by atoms with E-state index in [1.807, 2.05) is 48.5 Å². The van der Waals surface area contributed by atoms with Crippen LogP contribution in [0.15, 0.2) is 72.8 Å².